The second kappa shape index (κ2) is 12.7. The number of aliphatic imine (C=N–C) groups is 1. The van der Waals surface area contributed by atoms with Crippen LogP contribution in [0.15, 0.2) is 11.3 Å². The normalized spacial score (nSPS) is 20.1. The lowest BCUT2D eigenvalue weighted by Gasteiger charge is -2.47. The van der Waals surface area contributed by atoms with E-state index in [-0.39, 0.29) is 29.5 Å². The molecule has 1 aromatic rings. The quantitative estimate of drug-likeness (QED) is 0.311. The first kappa shape index (κ1) is 24.3. The molecule has 1 saturated carbocycles. The highest BCUT2D eigenvalue weighted by atomic mass is 127. The van der Waals surface area contributed by atoms with Gasteiger partial charge < -0.3 is 19.9 Å². The number of nitrogens with one attached hydrogen (secondary N) is 2. The maximum atomic E-state index is 5.59. The molecule has 2 heterocycles. The van der Waals surface area contributed by atoms with Crippen LogP contribution in [0.25, 0.3) is 0 Å². The van der Waals surface area contributed by atoms with Gasteiger partial charge in [-0.3, -0.25) is 9.89 Å². The van der Waals surface area contributed by atoms with E-state index in [0.717, 1.165) is 70.7 Å². The van der Waals surface area contributed by atoms with E-state index >= 15 is 0 Å². The highest BCUT2D eigenvalue weighted by Gasteiger charge is 2.38. The molecule has 2 aliphatic rings. The number of ether oxygens (including phenoxy) is 1. The smallest absolute Gasteiger partial charge is 0.191 e. The molecule has 0 atom stereocenters. The molecular formula is C20H38IN7O. The van der Waals surface area contributed by atoms with Crippen molar-refractivity contribution in [3.05, 3.63) is 12.2 Å². The van der Waals surface area contributed by atoms with Crippen molar-refractivity contribution in [2.24, 2.45) is 4.99 Å². The molecule has 166 valence electrons. The fourth-order valence-electron chi connectivity index (χ4n) is 4.42. The van der Waals surface area contributed by atoms with Gasteiger partial charge in [0, 0.05) is 44.7 Å². The Morgan fingerprint density at radius 3 is 2.62 bits per heavy atom. The first-order chi connectivity index (χ1) is 13.8. The van der Waals surface area contributed by atoms with Gasteiger partial charge in [0.05, 0.1) is 19.8 Å². The van der Waals surface area contributed by atoms with Crippen molar-refractivity contribution in [2.45, 2.75) is 64.5 Å². The lowest BCUT2D eigenvalue weighted by atomic mass is 9.80. The van der Waals surface area contributed by atoms with Crippen LogP contribution >= 0.6 is 24.0 Å². The number of morpholine rings is 1. The molecule has 8 nitrogen and oxygen atoms in total. The third-order valence-corrected chi connectivity index (χ3v) is 6.00. The summed E-state index contributed by atoms with van der Waals surface area (Å²) in [6.45, 7) is 11.4. The van der Waals surface area contributed by atoms with Crippen LogP contribution in [0.1, 0.15) is 51.8 Å². The SMILES string of the molecule is CCNC(=NCC1(N2CCOCC2)CCCCC1)NCCn1cnnc1CC.I. The average Bonchev–Trinajstić information content (AvgIpc) is 3.21. The molecule has 29 heavy (non-hydrogen) atoms. The minimum Gasteiger partial charge on any atom is -0.379 e. The lowest BCUT2D eigenvalue weighted by Crippen LogP contribution is -2.56. The van der Waals surface area contributed by atoms with E-state index in [9.17, 15) is 0 Å². The standard InChI is InChI=1S/C20H37N7O.HI/c1-3-18-25-24-17-26(18)11-10-22-19(21-4-2)23-16-20(8-6-5-7-9-20)27-12-14-28-15-13-27;/h17H,3-16H2,1-2H3,(H2,21,22,23);1H. The summed E-state index contributed by atoms with van der Waals surface area (Å²) in [6.07, 6.45) is 9.17. The Kier molecular flexibility index (Phi) is 10.6. The Morgan fingerprint density at radius 1 is 1.17 bits per heavy atom. The van der Waals surface area contributed by atoms with E-state index in [4.69, 9.17) is 9.73 Å². The van der Waals surface area contributed by atoms with Crippen molar-refractivity contribution in [1.82, 2.24) is 30.3 Å². The van der Waals surface area contributed by atoms with Crippen LogP contribution in [0.2, 0.25) is 0 Å². The van der Waals surface area contributed by atoms with Crippen LogP contribution in [0.5, 0.6) is 0 Å². The summed E-state index contributed by atoms with van der Waals surface area (Å²) in [5, 5.41) is 15.1. The van der Waals surface area contributed by atoms with Crippen molar-refractivity contribution in [3.63, 3.8) is 0 Å². The van der Waals surface area contributed by atoms with Crippen LogP contribution in [0.3, 0.4) is 0 Å². The zero-order chi connectivity index (χ0) is 19.7. The zero-order valence-electron chi connectivity index (χ0n) is 18.0. The molecular weight excluding hydrogens is 481 g/mol. The van der Waals surface area contributed by atoms with E-state index < -0.39 is 0 Å². The van der Waals surface area contributed by atoms with Gasteiger partial charge in [0.15, 0.2) is 5.96 Å². The monoisotopic (exact) mass is 519 g/mol. The van der Waals surface area contributed by atoms with Gasteiger partial charge in [-0.05, 0) is 19.8 Å². The van der Waals surface area contributed by atoms with Crippen LogP contribution in [0, 0.1) is 0 Å². The van der Waals surface area contributed by atoms with Crippen molar-refractivity contribution in [3.8, 4) is 0 Å². The van der Waals surface area contributed by atoms with Crippen LogP contribution in [0.4, 0.5) is 0 Å². The van der Waals surface area contributed by atoms with Gasteiger partial charge in [-0.15, -0.1) is 34.2 Å². The minimum atomic E-state index is 0. The predicted molar refractivity (Wildman–Crippen MR) is 127 cm³/mol. The van der Waals surface area contributed by atoms with E-state index in [1.165, 1.54) is 32.1 Å². The molecule has 0 radical (unpaired) electrons. The van der Waals surface area contributed by atoms with Crippen molar-refractivity contribution < 1.29 is 4.74 Å². The van der Waals surface area contributed by atoms with Gasteiger partial charge in [-0.2, -0.15) is 0 Å². The van der Waals surface area contributed by atoms with Crippen LogP contribution in [-0.4, -0.2) is 77.1 Å². The molecule has 0 amide bonds. The number of guanidine groups is 1. The van der Waals surface area contributed by atoms with E-state index in [1.807, 2.05) is 0 Å². The zero-order valence-corrected chi connectivity index (χ0v) is 20.4. The van der Waals surface area contributed by atoms with Gasteiger partial charge in [0.1, 0.15) is 12.2 Å². The number of hydrogen-bond donors (Lipinski definition) is 2. The summed E-state index contributed by atoms with van der Waals surface area (Å²) in [6, 6.07) is 0. The first-order valence-corrected chi connectivity index (χ1v) is 11.0. The van der Waals surface area contributed by atoms with Crippen molar-refractivity contribution >= 4 is 29.9 Å². The molecule has 3 rings (SSSR count). The number of nitrogens with zero attached hydrogens (tertiary/aromatic N) is 5. The number of halogens is 1. The second-order valence-electron chi connectivity index (χ2n) is 7.80. The average molecular weight is 519 g/mol. The third kappa shape index (κ3) is 6.78. The minimum absolute atomic E-state index is 0. The largest absolute Gasteiger partial charge is 0.379 e. The summed E-state index contributed by atoms with van der Waals surface area (Å²) >= 11 is 0. The fraction of sp³-hybridized carbons (Fsp3) is 0.850. The number of rotatable bonds is 8. The third-order valence-electron chi connectivity index (χ3n) is 6.00. The number of aryl methyl sites for hydroxylation is 1. The number of hydrogen-bond acceptors (Lipinski definition) is 5. The fourth-order valence-corrected chi connectivity index (χ4v) is 4.42. The Morgan fingerprint density at radius 2 is 1.93 bits per heavy atom. The molecule has 0 spiro atoms. The number of aromatic nitrogens is 3. The summed E-state index contributed by atoms with van der Waals surface area (Å²) in [5.41, 5.74) is 0.202. The molecule has 0 aromatic carbocycles. The predicted octanol–water partition coefficient (Wildman–Crippen LogP) is 2.05. The van der Waals surface area contributed by atoms with Gasteiger partial charge in [-0.1, -0.05) is 26.2 Å². The Balaban J connectivity index is 0.00000300. The van der Waals surface area contributed by atoms with Gasteiger partial charge >= 0.3 is 0 Å². The van der Waals surface area contributed by atoms with Gasteiger partial charge in [0.2, 0.25) is 0 Å². The molecule has 1 aliphatic carbocycles. The van der Waals surface area contributed by atoms with Crippen molar-refractivity contribution in [2.75, 3.05) is 45.9 Å². The molecule has 2 N–H and O–H groups in total. The lowest BCUT2D eigenvalue weighted by molar-refractivity contribution is -0.0333. The van der Waals surface area contributed by atoms with E-state index in [2.05, 4.69) is 44.1 Å². The van der Waals surface area contributed by atoms with E-state index in [0.29, 0.717) is 0 Å². The summed E-state index contributed by atoms with van der Waals surface area (Å²) in [5.74, 6) is 1.93. The maximum Gasteiger partial charge on any atom is 0.191 e. The topological polar surface area (TPSA) is 79.6 Å². The molecule has 1 saturated heterocycles. The maximum absolute atomic E-state index is 5.59. The van der Waals surface area contributed by atoms with E-state index in [1.54, 1.807) is 6.33 Å². The summed E-state index contributed by atoms with van der Waals surface area (Å²) < 4.78 is 7.70. The molecule has 2 fully saturated rings. The highest BCUT2D eigenvalue weighted by molar-refractivity contribution is 14.0. The Hall–Kier alpha value is -0.940. The van der Waals surface area contributed by atoms with Crippen molar-refractivity contribution in [1.29, 1.82) is 0 Å². The summed E-state index contributed by atoms with van der Waals surface area (Å²) in [7, 11) is 0. The highest BCUT2D eigenvalue weighted by Crippen LogP contribution is 2.34. The summed E-state index contributed by atoms with van der Waals surface area (Å²) in [4.78, 5) is 7.66. The molecule has 1 aliphatic heterocycles. The molecule has 1 aromatic heterocycles. The van der Waals surface area contributed by atoms with Crippen LogP contribution in [-0.2, 0) is 17.7 Å². The second-order valence-corrected chi connectivity index (χ2v) is 7.80. The van der Waals surface area contributed by atoms with Crippen LogP contribution < -0.4 is 10.6 Å². The molecule has 9 heteroatoms. The molecule has 0 unspecified atom stereocenters. The Labute approximate surface area is 192 Å². The van der Waals surface area contributed by atoms with Gasteiger partial charge in [-0.25, -0.2) is 0 Å². The van der Waals surface area contributed by atoms with Gasteiger partial charge in [0.25, 0.3) is 0 Å². The Bertz CT molecular complexity index is 610. The first-order valence-electron chi connectivity index (χ1n) is 11.0. The molecule has 0 bridgehead atoms.